The number of nitrogens with two attached hydrogens (primary N) is 1. The van der Waals surface area contributed by atoms with Gasteiger partial charge in [-0.3, -0.25) is 4.68 Å². The molecule has 0 fully saturated rings. The van der Waals surface area contributed by atoms with Crippen molar-refractivity contribution in [2.24, 2.45) is 17.1 Å². The van der Waals surface area contributed by atoms with Crippen LogP contribution in [-0.4, -0.2) is 21.3 Å². The van der Waals surface area contributed by atoms with Gasteiger partial charge in [0.05, 0.1) is 0 Å². The monoisotopic (exact) mass is 224 g/mol. The predicted octanol–water partition coefficient (Wildman–Crippen LogP) is 1.85. The summed E-state index contributed by atoms with van der Waals surface area (Å²) in [5, 5.41) is 4.24. The van der Waals surface area contributed by atoms with Crippen molar-refractivity contribution in [2.45, 2.75) is 47.1 Å². The molecular formula is C12H24N4. The molecule has 4 heteroatoms. The summed E-state index contributed by atoms with van der Waals surface area (Å²) in [5.41, 5.74) is 6.06. The molecule has 1 heterocycles. The number of rotatable bonds is 5. The fourth-order valence-electron chi connectivity index (χ4n) is 1.81. The summed E-state index contributed by atoms with van der Waals surface area (Å²) in [5.74, 6) is 1.51. The minimum Gasteiger partial charge on any atom is -0.330 e. The van der Waals surface area contributed by atoms with E-state index in [4.69, 9.17) is 5.73 Å². The second-order valence-corrected chi connectivity index (χ2v) is 5.40. The van der Waals surface area contributed by atoms with Crippen LogP contribution in [0.5, 0.6) is 0 Å². The molecule has 0 aliphatic rings. The maximum atomic E-state index is 5.84. The molecule has 0 aliphatic heterocycles. The molecule has 0 saturated carbocycles. The van der Waals surface area contributed by atoms with E-state index in [1.807, 2.05) is 4.68 Å². The molecule has 0 aliphatic carbocycles. The first kappa shape index (κ1) is 13.2. The molecule has 92 valence electrons. The SMILES string of the molecule is CCCn1ncnc1CC(CN)C(C)(C)C. The summed E-state index contributed by atoms with van der Waals surface area (Å²) in [6.07, 6.45) is 3.64. The Bertz CT molecular complexity index is 311. The predicted molar refractivity (Wildman–Crippen MR) is 66.0 cm³/mol. The van der Waals surface area contributed by atoms with Gasteiger partial charge in [-0.1, -0.05) is 27.7 Å². The first-order valence-corrected chi connectivity index (χ1v) is 6.05. The molecule has 0 saturated heterocycles. The molecule has 0 amide bonds. The molecule has 4 nitrogen and oxygen atoms in total. The van der Waals surface area contributed by atoms with Crippen molar-refractivity contribution < 1.29 is 0 Å². The highest BCUT2D eigenvalue weighted by Crippen LogP contribution is 2.27. The highest BCUT2D eigenvalue weighted by molar-refractivity contribution is 4.91. The topological polar surface area (TPSA) is 56.7 Å². The van der Waals surface area contributed by atoms with Gasteiger partial charge in [-0.25, -0.2) is 4.98 Å². The van der Waals surface area contributed by atoms with Crippen molar-refractivity contribution in [3.8, 4) is 0 Å². The summed E-state index contributed by atoms with van der Waals surface area (Å²) in [6, 6.07) is 0. The van der Waals surface area contributed by atoms with Gasteiger partial charge >= 0.3 is 0 Å². The molecule has 0 aromatic carbocycles. The summed E-state index contributed by atoms with van der Waals surface area (Å²) in [6.45, 7) is 10.5. The lowest BCUT2D eigenvalue weighted by Gasteiger charge is -2.29. The van der Waals surface area contributed by atoms with E-state index < -0.39 is 0 Å². The smallest absolute Gasteiger partial charge is 0.138 e. The molecule has 0 bridgehead atoms. The van der Waals surface area contributed by atoms with Crippen LogP contribution < -0.4 is 5.73 Å². The van der Waals surface area contributed by atoms with E-state index in [0.717, 1.165) is 25.2 Å². The zero-order valence-electron chi connectivity index (χ0n) is 10.9. The Morgan fingerprint density at radius 2 is 2.12 bits per heavy atom. The zero-order chi connectivity index (χ0) is 12.2. The van der Waals surface area contributed by atoms with Crippen molar-refractivity contribution in [1.29, 1.82) is 0 Å². The van der Waals surface area contributed by atoms with Gasteiger partial charge in [0.25, 0.3) is 0 Å². The van der Waals surface area contributed by atoms with Gasteiger partial charge in [0.2, 0.25) is 0 Å². The number of aromatic nitrogens is 3. The minimum absolute atomic E-state index is 0.220. The summed E-state index contributed by atoms with van der Waals surface area (Å²) in [7, 11) is 0. The van der Waals surface area contributed by atoms with Crippen LogP contribution in [0.25, 0.3) is 0 Å². The highest BCUT2D eigenvalue weighted by atomic mass is 15.3. The van der Waals surface area contributed by atoms with Crippen molar-refractivity contribution >= 4 is 0 Å². The van der Waals surface area contributed by atoms with Crippen LogP contribution in [0, 0.1) is 11.3 Å². The second kappa shape index (κ2) is 5.43. The second-order valence-electron chi connectivity index (χ2n) is 5.40. The third kappa shape index (κ3) is 3.30. The first-order chi connectivity index (χ1) is 7.49. The number of aryl methyl sites for hydroxylation is 1. The van der Waals surface area contributed by atoms with E-state index in [1.165, 1.54) is 0 Å². The van der Waals surface area contributed by atoms with Crippen molar-refractivity contribution in [3.05, 3.63) is 12.2 Å². The largest absolute Gasteiger partial charge is 0.330 e. The van der Waals surface area contributed by atoms with E-state index >= 15 is 0 Å². The standard InChI is InChI=1S/C12H24N4/c1-5-6-16-11(14-9-15-16)7-10(8-13)12(2,3)4/h9-10H,5-8,13H2,1-4H3. The van der Waals surface area contributed by atoms with Crippen LogP contribution in [-0.2, 0) is 13.0 Å². The summed E-state index contributed by atoms with van der Waals surface area (Å²) < 4.78 is 1.99. The maximum absolute atomic E-state index is 5.84. The molecule has 16 heavy (non-hydrogen) atoms. The number of nitrogens with zero attached hydrogens (tertiary/aromatic N) is 3. The molecule has 1 aromatic rings. The van der Waals surface area contributed by atoms with E-state index in [0.29, 0.717) is 12.5 Å². The fourth-order valence-corrected chi connectivity index (χ4v) is 1.81. The van der Waals surface area contributed by atoms with E-state index in [1.54, 1.807) is 6.33 Å². The third-order valence-corrected chi connectivity index (χ3v) is 3.07. The zero-order valence-corrected chi connectivity index (χ0v) is 10.9. The van der Waals surface area contributed by atoms with Gasteiger partial charge in [0.1, 0.15) is 12.2 Å². The molecule has 1 rings (SSSR count). The Balaban J connectivity index is 2.74. The van der Waals surface area contributed by atoms with Crippen LogP contribution in [0.1, 0.15) is 39.9 Å². The minimum atomic E-state index is 0.220. The quantitative estimate of drug-likeness (QED) is 0.830. The molecule has 1 unspecified atom stereocenters. The normalized spacial score (nSPS) is 14.1. The first-order valence-electron chi connectivity index (χ1n) is 6.05. The van der Waals surface area contributed by atoms with Gasteiger partial charge < -0.3 is 5.73 Å². The van der Waals surface area contributed by atoms with Crippen LogP contribution in [0.3, 0.4) is 0 Å². The molecule has 0 radical (unpaired) electrons. The lowest BCUT2D eigenvalue weighted by Crippen LogP contribution is -2.31. The molecule has 1 aromatic heterocycles. The Kier molecular flexibility index (Phi) is 4.47. The third-order valence-electron chi connectivity index (χ3n) is 3.07. The van der Waals surface area contributed by atoms with Crippen molar-refractivity contribution in [3.63, 3.8) is 0 Å². The van der Waals surface area contributed by atoms with E-state index in [-0.39, 0.29) is 5.41 Å². The molecule has 0 spiro atoms. The Morgan fingerprint density at radius 3 is 2.62 bits per heavy atom. The Morgan fingerprint density at radius 1 is 1.44 bits per heavy atom. The summed E-state index contributed by atoms with van der Waals surface area (Å²) in [4.78, 5) is 4.33. The average molecular weight is 224 g/mol. The van der Waals surface area contributed by atoms with Gasteiger partial charge in [0, 0.05) is 13.0 Å². The Hall–Kier alpha value is -0.900. The lowest BCUT2D eigenvalue weighted by molar-refractivity contribution is 0.239. The lowest BCUT2D eigenvalue weighted by atomic mass is 9.78. The van der Waals surface area contributed by atoms with E-state index in [9.17, 15) is 0 Å². The molecule has 1 atom stereocenters. The maximum Gasteiger partial charge on any atom is 0.138 e. The number of hydrogen-bond donors (Lipinski definition) is 1. The Labute approximate surface area is 98.2 Å². The van der Waals surface area contributed by atoms with Gasteiger partial charge in [-0.2, -0.15) is 5.10 Å². The molecule has 2 N–H and O–H groups in total. The average Bonchev–Trinajstić information content (AvgIpc) is 2.60. The fraction of sp³-hybridized carbons (Fsp3) is 0.833. The highest BCUT2D eigenvalue weighted by Gasteiger charge is 2.25. The van der Waals surface area contributed by atoms with Crippen molar-refractivity contribution in [1.82, 2.24) is 14.8 Å². The molecular weight excluding hydrogens is 200 g/mol. The number of hydrogen-bond acceptors (Lipinski definition) is 3. The van der Waals surface area contributed by atoms with E-state index in [2.05, 4.69) is 37.8 Å². The van der Waals surface area contributed by atoms with Crippen LogP contribution in [0.2, 0.25) is 0 Å². The van der Waals surface area contributed by atoms with Crippen molar-refractivity contribution in [2.75, 3.05) is 6.54 Å². The van der Waals surface area contributed by atoms with Gasteiger partial charge in [-0.15, -0.1) is 0 Å². The van der Waals surface area contributed by atoms with Gasteiger partial charge in [-0.05, 0) is 24.3 Å². The van der Waals surface area contributed by atoms with Gasteiger partial charge in [0.15, 0.2) is 0 Å². The van der Waals surface area contributed by atoms with Crippen LogP contribution in [0.15, 0.2) is 6.33 Å². The summed E-state index contributed by atoms with van der Waals surface area (Å²) >= 11 is 0. The van der Waals surface area contributed by atoms with Crippen LogP contribution in [0.4, 0.5) is 0 Å². The van der Waals surface area contributed by atoms with Crippen LogP contribution >= 0.6 is 0 Å².